The van der Waals surface area contributed by atoms with E-state index in [0.29, 0.717) is 6.04 Å². The molecule has 0 amide bonds. The average molecular weight is 260 g/mol. The molecular weight excluding hydrogens is 236 g/mol. The number of ether oxygens (including phenoxy) is 1. The molecule has 3 nitrogen and oxygen atoms in total. The van der Waals surface area contributed by atoms with Gasteiger partial charge in [0.25, 0.3) is 0 Å². The van der Waals surface area contributed by atoms with Crippen LogP contribution in [0, 0.1) is 5.92 Å². The van der Waals surface area contributed by atoms with E-state index >= 15 is 0 Å². The van der Waals surface area contributed by atoms with Crippen molar-refractivity contribution in [3.63, 3.8) is 0 Å². The zero-order valence-corrected chi connectivity index (χ0v) is 11.8. The summed E-state index contributed by atoms with van der Waals surface area (Å²) < 4.78 is 5.57. The topological polar surface area (TPSA) is 38.5 Å². The second-order valence-electron chi connectivity index (χ2n) is 5.93. The van der Waals surface area contributed by atoms with Gasteiger partial charge in [0.2, 0.25) is 0 Å². The second-order valence-corrected chi connectivity index (χ2v) is 5.93. The van der Waals surface area contributed by atoms with E-state index in [-0.39, 0.29) is 0 Å². The van der Waals surface area contributed by atoms with E-state index in [0.717, 1.165) is 37.8 Å². The Labute approximate surface area is 115 Å². The normalized spacial score (nSPS) is 27.1. The first-order chi connectivity index (χ1) is 9.28. The van der Waals surface area contributed by atoms with Gasteiger partial charge in [0.15, 0.2) is 0 Å². The van der Waals surface area contributed by atoms with Crippen LogP contribution in [-0.2, 0) is 13.0 Å². The molecule has 2 unspecified atom stereocenters. The number of hydrogen-bond acceptors (Lipinski definition) is 3. The Kier molecular flexibility index (Phi) is 3.76. The third kappa shape index (κ3) is 2.63. The molecule has 3 rings (SSSR count). The molecule has 1 saturated heterocycles. The van der Waals surface area contributed by atoms with E-state index in [1.165, 1.54) is 30.5 Å². The summed E-state index contributed by atoms with van der Waals surface area (Å²) >= 11 is 0. The van der Waals surface area contributed by atoms with Gasteiger partial charge in [-0.3, -0.25) is 4.90 Å². The number of nitrogens with zero attached hydrogens (tertiary/aromatic N) is 1. The van der Waals surface area contributed by atoms with Gasteiger partial charge >= 0.3 is 0 Å². The third-order valence-corrected chi connectivity index (χ3v) is 4.61. The molecule has 1 fully saturated rings. The lowest BCUT2D eigenvalue weighted by atomic mass is 9.90. The summed E-state index contributed by atoms with van der Waals surface area (Å²) in [4.78, 5) is 2.56. The Bertz CT molecular complexity index is 446. The maximum absolute atomic E-state index is 5.97. The molecule has 0 bridgehead atoms. The Morgan fingerprint density at radius 3 is 3.16 bits per heavy atom. The third-order valence-electron chi connectivity index (χ3n) is 4.61. The first-order valence-electron chi connectivity index (χ1n) is 7.46. The van der Waals surface area contributed by atoms with Gasteiger partial charge in [-0.15, -0.1) is 0 Å². The number of piperidine rings is 1. The number of hydrogen-bond donors (Lipinski definition) is 1. The zero-order chi connectivity index (χ0) is 13.2. The lowest BCUT2D eigenvalue weighted by Gasteiger charge is -2.39. The smallest absolute Gasteiger partial charge is 0.122 e. The van der Waals surface area contributed by atoms with E-state index in [1.54, 1.807) is 0 Å². The van der Waals surface area contributed by atoms with Crippen molar-refractivity contribution in [2.45, 2.75) is 38.8 Å². The summed E-state index contributed by atoms with van der Waals surface area (Å²) in [6.07, 6.45) is 3.67. The minimum Gasteiger partial charge on any atom is -0.493 e. The van der Waals surface area contributed by atoms with Gasteiger partial charge in [-0.2, -0.15) is 0 Å². The van der Waals surface area contributed by atoms with E-state index in [2.05, 4.69) is 30.0 Å². The Hall–Kier alpha value is -1.06. The Morgan fingerprint density at radius 1 is 1.42 bits per heavy atom. The summed E-state index contributed by atoms with van der Waals surface area (Å²) in [6.45, 7) is 6.15. The van der Waals surface area contributed by atoms with Crippen LogP contribution in [-0.4, -0.2) is 30.6 Å². The molecule has 3 heteroatoms. The Morgan fingerprint density at radius 2 is 2.32 bits per heavy atom. The average Bonchev–Trinajstić information content (AvgIpc) is 2.86. The van der Waals surface area contributed by atoms with Crippen LogP contribution < -0.4 is 10.5 Å². The highest BCUT2D eigenvalue weighted by atomic mass is 16.5. The minimum absolute atomic E-state index is 0.540. The van der Waals surface area contributed by atoms with Crippen LogP contribution in [0.3, 0.4) is 0 Å². The summed E-state index contributed by atoms with van der Waals surface area (Å²) in [5, 5.41) is 0. The molecule has 0 aliphatic carbocycles. The number of benzene rings is 1. The van der Waals surface area contributed by atoms with Crippen molar-refractivity contribution in [2.75, 3.05) is 19.7 Å². The van der Waals surface area contributed by atoms with Gasteiger partial charge in [-0.05, 0) is 42.5 Å². The fourth-order valence-corrected chi connectivity index (χ4v) is 3.48. The van der Waals surface area contributed by atoms with Gasteiger partial charge in [0, 0.05) is 25.6 Å². The second kappa shape index (κ2) is 5.51. The molecule has 0 saturated carbocycles. The maximum atomic E-state index is 5.97. The summed E-state index contributed by atoms with van der Waals surface area (Å²) in [6, 6.07) is 7.19. The molecule has 2 aliphatic heterocycles. The molecule has 0 radical (unpaired) electrons. The van der Waals surface area contributed by atoms with Crippen molar-refractivity contribution in [3.05, 3.63) is 29.3 Å². The lowest BCUT2D eigenvalue weighted by Crippen LogP contribution is -2.48. The summed E-state index contributed by atoms with van der Waals surface area (Å²) in [5.74, 6) is 1.79. The molecule has 2 atom stereocenters. The van der Waals surface area contributed by atoms with Crippen LogP contribution in [0.2, 0.25) is 0 Å². The van der Waals surface area contributed by atoms with Crippen LogP contribution in [0.15, 0.2) is 18.2 Å². The monoisotopic (exact) mass is 260 g/mol. The number of nitrogens with two attached hydrogens (primary N) is 1. The van der Waals surface area contributed by atoms with E-state index in [9.17, 15) is 0 Å². The van der Waals surface area contributed by atoms with Crippen molar-refractivity contribution in [1.82, 2.24) is 4.90 Å². The van der Waals surface area contributed by atoms with Crippen LogP contribution in [0.25, 0.3) is 0 Å². The van der Waals surface area contributed by atoms with Gasteiger partial charge in [-0.25, -0.2) is 0 Å². The molecule has 1 aromatic rings. The van der Waals surface area contributed by atoms with E-state index in [1.807, 2.05) is 0 Å². The van der Waals surface area contributed by atoms with E-state index in [4.69, 9.17) is 10.5 Å². The molecule has 104 valence electrons. The van der Waals surface area contributed by atoms with Crippen LogP contribution in [0.5, 0.6) is 5.75 Å². The zero-order valence-electron chi connectivity index (χ0n) is 11.8. The number of rotatable bonds is 3. The molecule has 2 heterocycles. The highest BCUT2D eigenvalue weighted by Crippen LogP contribution is 2.28. The summed E-state index contributed by atoms with van der Waals surface area (Å²) in [5.41, 5.74) is 8.73. The predicted octanol–water partition coefficient (Wildman–Crippen LogP) is 2.18. The van der Waals surface area contributed by atoms with Crippen molar-refractivity contribution < 1.29 is 4.74 Å². The van der Waals surface area contributed by atoms with Gasteiger partial charge in [0.05, 0.1) is 6.61 Å². The highest BCUT2D eigenvalue weighted by Gasteiger charge is 2.27. The molecule has 19 heavy (non-hydrogen) atoms. The molecule has 1 aromatic carbocycles. The quantitative estimate of drug-likeness (QED) is 0.905. The highest BCUT2D eigenvalue weighted by molar-refractivity contribution is 5.39. The summed E-state index contributed by atoms with van der Waals surface area (Å²) in [7, 11) is 0. The largest absolute Gasteiger partial charge is 0.493 e. The molecular formula is C16H24N2O. The van der Waals surface area contributed by atoms with Crippen molar-refractivity contribution >= 4 is 0 Å². The van der Waals surface area contributed by atoms with Crippen molar-refractivity contribution in [1.29, 1.82) is 0 Å². The van der Waals surface area contributed by atoms with Crippen LogP contribution >= 0.6 is 0 Å². The van der Waals surface area contributed by atoms with E-state index < -0.39 is 0 Å². The standard InChI is InChI=1S/C16H24N2O/c1-12-3-2-7-18(15(12)10-17)11-13-4-5-16-14(9-13)6-8-19-16/h4-5,9,12,15H,2-3,6-8,10-11,17H2,1H3. The van der Waals surface area contributed by atoms with Gasteiger partial charge < -0.3 is 10.5 Å². The van der Waals surface area contributed by atoms with Crippen molar-refractivity contribution in [3.8, 4) is 5.75 Å². The number of fused-ring (bicyclic) bond motifs is 1. The Balaban J connectivity index is 1.73. The first kappa shape index (κ1) is 12.9. The maximum Gasteiger partial charge on any atom is 0.122 e. The lowest BCUT2D eigenvalue weighted by molar-refractivity contribution is 0.0990. The first-order valence-corrected chi connectivity index (χ1v) is 7.46. The van der Waals surface area contributed by atoms with Crippen LogP contribution in [0.4, 0.5) is 0 Å². The SMILES string of the molecule is CC1CCCN(Cc2ccc3c(c2)CCO3)C1CN. The molecule has 2 aliphatic rings. The van der Waals surface area contributed by atoms with Gasteiger partial charge in [0.1, 0.15) is 5.75 Å². The van der Waals surface area contributed by atoms with Crippen LogP contribution in [0.1, 0.15) is 30.9 Å². The fourth-order valence-electron chi connectivity index (χ4n) is 3.48. The molecule has 0 aromatic heterocycles. The predicted molar refractivity (Wildman–Crippen MR) is 77.3 cm³/mol. The molecule has 2 N–H and O–H groups in total. The number of likely N-dealkylation sites (tertiary alicyclic amines) is 1. The fraction of sp³-hybridized carbons (Fsp3) is 0.625. The molecule has 0 spiro atoms. The van der Waals surface area contributed by atoms with Crippen molar-refractivity contribution in [2.24, 2.45) is 11.7 Å². The minimum atomic E-state index is 0.540. The van der Waals surface area contributed by atoms with Gasteiger partial charge in [-0.1, -0.05) is 19.1 Å².